The number of rotatable bonds is 7. The van der Waals surface area contributed by atoms with Crippen molar-refractivity contribution >= 4 is 5.82 Å². The zero-order chi connectivity index (χ0) is 14.5. The lowest BCUT2D eigenvalue weighted by atomic mass is 10.1. The zero-order valence-corrected chi connectivity index (χ0v) is 10.0. The number of nitrogens with two attached hydrogens (primary N) is 2. The largest absolute Gasteiger partial charge is 0.383 e. The predicted octanol–water partition coefficient (Wildman–Crippen LogP) is 1.45. The summed E-state index contributed by atoms with van der Waals surface area (Å²) in [5.74, 6) is -3.87. The Labute approximate surface area is 107 Å². The van der Waals surface area contributed by atoms with E-state index in [-0.39, 0.29) is 18.8 Å². The lowest BCUT2D eigenvalue weighted by Gasteiger charge is -2.17. The maximum Gasteiger partial charge on any atom is 0.330 e. The molecule has 0 bridgehead atoms. The molecule has 4 nitrogen and oxygen atoms in total. The normalized spacial score (nSPS) is 13.8. The van der Waals surface area contributed by atoms with Gasteiger partial charge in [-0.2, -0.15) is 8.78 Å². The fraction of sp³-hybridized carbons (Fsp3) is 0.545. The van der Waals surface area contributed by atoms with Crippen molar-refractivity contribution in [3.63, 3.8) is 0 Å². The third kappa shape index (κ3) is 4.99. The van der Waals surface area contributed by atoms with Crippen molar-refractivity contribution < 1.29 is 22.3 Å². The van der Waals surface area contributed by atoms with E-state index in [0.29, 0.717) is 5.56 Å². The molecule has 0 radical (unpaired) electrons. The first-order valence-electron chi connectivity index (χ1n) is 5.51. The summed E-state index contributed by atoms with van der Waals surface area (Å²) in [7, 11) is 0. The average Bonchev–Trinajstić information content (AvgIpc) is 2.31. The first-order valence-corrected chi connectivity index (χ1v) is 5.51. The van der Waals surface area contributed by atoms with Crippen molar-refractivity contribution in [1.29, 1.82) is 0 Å². The molecule has 0 spiro atoms. The fourth-order valence-electron chi connectivity index (χ4n) is 1.37. The van der Waals surface area contributed by atoms with Crippen LogP contribution in [0, 0.1) is 0 Å². The highest BCUT2D eigenvalue weighted by Gasteiger charge is 2.41. The van der Waals surface area contributed by atoms with Crippen LogP contribution in [0.5, 0.6) is 0 Å². The van der Waals surface area contributed by atoms with Gasteiger partial charge >= 0.3 is 12.3 Å². The lowest BCUT2D eigenvalue weighted by molar-refractivity contribution is -0.166. The minimum Gasteiger partial charge on any atom is -0.383 e. The van der Waals surface area contributed by atoms with Gasteiger partial charge in [0, 0.05) is 12.2 Å². The molecule has 4 N–H and O–H groups in total. The quantitative estimate of drug-likeness (QED) is 0.742. The Morgan fingerprint density at radius 3 is 2.63 bits per heavy atom. The number of alkyl halides is 4. The van der Waals surface area contributed by atoms with Gasteiger partial charge in [0.15, 0.2) is 0 Å². The van der Waals surface area contributed by atoms with Gasteiger partial charge in [-0.25, -0.2) is 13.8 Å². The molecule has 1 unspecified atom stereocenters. The number of nitrogens with zero attached hydrogens (tertiary/aromatic N) is 1. The second-order valence-corrected chi connectivity index (χ2v) is 4.09. The van der Waals surface area contributed by atoms with E-state index in [9.17, 15) is 17.6 Å². The van der Waals surface area contributed by atoms with Crippen molar-refractivity contribution in [2.75, 3.05) is 18.9 Å². The Balaban J connectivity index is 2.37. The maximum absolute atomic E-state index is 12.5. The summed E-state index contributed by atoms with van der Waals surface area (Å²) < 4.78 is 53.3. The molecule has 1 aromatic heterocycles. The number of hydrogen-bond acceptors (Lipinski definition) is 4. The molecule has 8 heteroatoms. The Kier molecular flexibility index (Phi) is 5.49. The van der Waals surface area contributed by atoms with Gasteiger partial charge in [-0.3, -0.25) is 0 Å². The summed E-state index contributed by atoms with van der Waals surface area (Å²) >= 11 is 0. The summed E-state index contributed by atoms with van der Waals surface area (Å²) in [6.07, 6.45) is -1.98. The SMILES string of the molecule is Nc1ncccc1CC(N)COCC(F)(F)C(F)F. The Bertz CT molecular complexity index is 403. The van der Waals surface area contributed by atoms with Crippen LogP contribution in [-0.2, 0) is 11.2 Å². The van der Waals surface area contributed by atoms with Crippen LogP contribution in [-0.4, -0.2) is 36.6 Å². The van der Waals surface area contributed by atoms with E-state index in [4.69, 9.17) is 11.5 Å². The highest BCUT2D eigenvalue weighted by atomic mass is 19.3. The molecule has 0 fully saturated rings. The number of hydrogen-bond donors (Lipinski definition) is 2. The Morgan fingerprint density at radius 1 is 1.37 bits per heavy atom. The molecule has 1 aromatic rings. The van der Waals surface area contributed by atoms with Crippen LogP contribution >= 0.6 is 0 Å². The highest BCUT2D eigenvalue weighted by molar-refractivity contribution is 5.38. The number of halogens is 4. The van der Waals surface area contributed by atoms with Crippen LogP contribution in [0.1, 0.15) is 5.56 Å². The smallest absolute Gasteiger partial charge is 0.330 e. The standard InChI is InChI=1S/C11H15F4N3O/c12-10(13)11(14,15)6-19-5-8(16)4-7-2-1-3-18-9(7)17/h1-3,8,10H,4-6,16H2,(H2,17,18). The van der Waals surface area contributed by atoms with Crippen LogP contribution < -0.4 is 11.5 Å². The van der Waals surface area contributed by atoms with Gasteiger partial charge in [0.25, 0.3) is 0 Å². The first-order chi connectivity index (χ1) is 8.83. The number of ether oxygens (including phenoxy) is 1. The van der Waals surface area contributed by atoms with Crippen molar-refractivity contribution in [3.05, 3.63) is 23.9 Å². The number of pyridine rings is 1. The van der Waals surface area contributed by atoms with E-state index in [0.717, 1.165) is 0 Å². The molecule has 0 amide bonds. The monoisotopic (exact) mass is 281 g/mol. The molecule has 19 heavy (non-hydrogen) atoms. The minimum atomic E-state index is -4.16. The van der Waals surface area contributed by atoms with E-state index < -0.39 is 25.0 Å². The van der Waals surface area contributed by atoms with Gasteiger partial charge < -0.3 is 16.2 Å². The fourth-order valence-corrected chi connectivity index (χ4v) is 1.37. The van der Waals surface area contributed by atoms with Crippen LogP contribution in [0.25, 0.3) is 0 Å². The lowest BCUT2D eigenvalue weighted by Crippen LogP contribution is -2.36. The minimum absolute atomic E-state index is 0.264. The molecular formula is C11H15F4N3O. The van der Waals surface area contributed by atoms with Crippen LogP contribution in [0.2, 0.25) is 0 Å². The third-order valence-electron chi connectivity index (χ3n) is 2.35. The van der Waals surface area contributed by atoms with Gasteiger partial charge in [0.2, 0.25) is 0 Å². The molecule has 1 heterocycles. The van der Waals surface area contributed by atoms with E-state index in [2.05, 4.69) is 9.72 Å². The third-order valence-corrected chi connectivity index (χ3v) is 2.35. The van der Waals surface area contributed by atoms with Crippen LogP contribution in [0.15, 0.2) is 18.3 Å². The predicted molar refractivity (Wildman–Crippen MR) is 62.1 cm³/mol. The first kappa shape index (κ1) is 15.6. The molecule has 0 aliphatic rings. The second kappa shape index (κ2) is 6.67. The van der Waals surface area contributed by atoms with Gasteiger partial charge in [0.1, 0.15) is 12.4 Å². The average molecular weight is 281 g/mol. The summed E-state index contributed by atoms with van der Waals surface area (Å²) in [6.45, 7) is -1.63. The van der Waals surface area contributed by atoms with E-state index in [1.54, 1.807) is 12.1 Å². The summed E-state index contributed by atoms with van der Waals surface area (Å²) in [4.78, 5) is 3.84. The molecule has 0 saturated heterocycles. The molecular weight excluding hydrogens is 266 g/mol. The summed E-state index contributed by atoms with van der Waals surface area (Å²) in [5.41, 5.74) is 11.9. The molecule has 0 aliphatic heterocycles. The van der Waals surface area contributed by atoms with Crippen molar-refractivity contribution in [2.24, 2.45) is 5.73 Å². The van der Waals surface area contributed by atoms with E-state index in [1.165, 1.54) is 6.20 Å². The van der Waals surface area contributed by atoms with Gasteiger partial charge in [0.05, 0.1) is 6.61 Å². The Morgan fingerprint density at radius 2 is 2.05 bits per heavy atom. The zero-order valence-electron chi connectivity index (χ0n) is 10.0. The van der Waals surface area contributed by atoms with E-state index >= 15 is 0 Å². The summed E-state index contributed by atoms with van der Waals surface area (Å²) in [5, 5.41) is 0. The topological polar surface area (TPSA) is 74.2 Å². The molecule has 1 rings (SSSR count). The van der Waals surface area contributed by atoms with Crippen molar-refractivity contribution in [3.8, 4) is 0 Å². The molecule has 0 aliphatic carbocycles. The van der Waals surface area contributed by atoms with Crippen LogP contribution in [0.3, 0.4) is 0 Å². The van der Waals surface area contributed by atoms with E-state index in [1.807, 2.05) is 0 Å². The molecule has 0 aromatic carbocycles. The summed E-state index contributed by atoms with van der Waals surface area (Å²) in [6, 6.07) is 2.72. The van der Waals surface area contributed by atoms with Crippen molar-refractivity contribution in [1.82, 2.24) is 4.98 Å². The molecule has 1 atom stereocenters. The highest BCUT2D eigenvalue weighted by Crippen LogP contribution is 2.22. The molecule has 108 valence electrons. The number of nitrogen functional groups attached to an aromatic ring is 1. The number of anilines is 1. The molecule has 0 saturated carbocycles. The van der Waals surface area contributed by atoms with Crippen LogP contribution in [0.4, 0.5) is 23.4 Å². The van der Waals surface area contributed by atoms with Gasteiger partial charge in [-0.05, 0) is 18.1 Å². The second-order valence-electron chi connectivity index (χ2n) is 4.09. The van der Waals surface area contributed by atoms with Crippen molar-refractivity contribution in [2.45, 2.75) is 24.8 Å². The Hall–Kier alpha value is -1.41. The maximum atomic E-state index is 12.5. The number of aromatic nitrogens is 1. The van der Waals surface area contributed by atoms with Gasteiger partial charge in [-0.1, -0.05) is 6.07 Å². The van der Waals surface area contributed by atoms with Gasteiger partial charge in [-0.15, -0.1) is 0 Å².